The number of anilines is 1. The molecule has 0 saturated carbocycles. The molecule has 1 aliphatic heterocycles. The van der Waals surface area contributed by atoms with Gasteiger partial charge in [-0.3, -0.25) is 9.59 Å². The lowest BCUT2D eigenvalue weighted by atomic mass is 10.0. The van der Waals surface area contributed by atoms with Crippen molar-refractivity contribution in [2.24, 2.45) is 0 Å². The van der Waals surface area contributed by atoms with Gasteiger partial charge in [-0.1, -0.05) is 12.1 Å². The van der Waals surface area contributed by atoms with Crippen LogP contribution in [0.25, 0.3) is 0 Å². The van der Waals surface area contributed by atoms with E-state index in [1.807, 2.05) is 25.2 Å². The number of hydrogen-bond donors (Lipinski definition) is 3. The minimum Gasteiger partial charge on any atom is -0.467 e. The van der Waals surface area contributed by atoms with Crippen molar-refractivity contribution in [3.63, 3.8) is 0 Å². The number of fused-ring (bicyclic) bond motifs is 1. The molecular weight excluding hydrogens is 322 g/mol. The standard InChI is InChI=1S/C18H21N3O4/c1-21-7-6-12-9-13(4-5-15(12)21)16(22)11-20-18(24)17(23)19-10-14-3-2-8-25-14/h2-5,8-9,16,22H,6-7,10-11H2,1H3,(H,19,23)(H,20,24). The van der Waals surface area contributed by atoms with Gasteiger partial charge in [-0.25, -0.2) is 0 Å². The fourth-order valence-electron chi connectivity index (χ4n) is 2.84. The monoisotopic (exact) mass is 343 g/mol. The van der Waals surface area contributed by atoms with E-state index in [4.69, 9.17) is 4.42 Å². The van der Waals surface area contributed by atoms with E-state index in [9.17, 15) is 14.7 Å². The highest BCUT2D eigenvalue weighted by atomic mass is 16.3. The van der Waals surface area contributed by atoms with Crippen LogP contribution in [0.5, 0.6) is 0 Å². The minimum absolute atomic E-state index is 0.0262. The first kappa shape index (κ1) is 17.0. The summed E-state index contributed by atoms with van der Waals surface area (Å²) in [4.78, 5) is 25.7. The molecule has 0 aliphatic carbocycles. The van der Waals surface area contributed by atoms with Crippen LogP contribution in [0.2, 0.25) is 0 Å². The van der Waals surface area contributed by atoms with Gasteiger partial charge in [0, 0.05) is 25.8 Å². The molecular formula is C18H21N3O4. The maximum absolute atomic E-state index is 11.8. The Balaban J connectivity index is 1.49. The van der Waals surface area contributed by atoms with E-state index in [2.05, 4.69) is 15.5 Å². The molecule has 2 amide bonds. The molecule has 132 valence electrons. The average molecular weight is 343 g/mol. The predicted octanol–water partition coefficient (Wildman–Crippen LogP) is 0.738. The van der Waals surface area contributed by atoms with Gasteiger partial charge in [-0.05, 0) is 35.7 Å². The third kappa shape index (κ3) is 4.00. The molecule has 2 aromatic rings. The number of aliphatic hydroxyl groups is 1. The van der Waals surface area contributed by atoms with Gasteiger partial charge < -0.3 is 25.1 Å². The Morgan fingerprint density at radius 2 is 2.08 bits per heavy atom. The van der Waals surface area contributed by atoms with Crippen LogP contribution >= 0.6 is 0 Å². The summed E-state index contributed by atoms with van der Waals surface area (Å²) >= 11 is 0. The number of likely N-dealkylation sites (N-methyl/N-ethyl adjacent to an activating group) is 1. The van der Waals surface area contributed by atoms with E-state index in [0.717, 1.165) is 24.2 Å². The molecule has 7 nitrogen and oxygen atoms in total. The Hall–Kier alpha value is -2.80. The van der Waals surface area contributed by atoms with E-state index in [0.29, 0.717) is 5.76 Å². The molecule has 2 heterocycles. The second-order valence-electron chi connectivity index (χ2n) is 6.05. The number of carbonyl (C=O) groups excluding carboxylic acids is 2. The van der Waals surface area contributed by atoms with Crippen LogP contribution in [-0.4, -0.2) is 37.1 Å². The van der Waals surface area contributed by atoms with Crippen LogP contribution in [0.1, 0.15) is 23.0 Å². The molecule has 7 heteroatoms. The zero-order chi connectivity index (χ0) is 17.8. The van der Waals surface area contributed by atoms with Crippen molar-refractivity contribution >= 4 is 17.5 Å². The maximum Gasteiger partial charge on any atom is 0.309 e. The smallest absolute Gasteiger partial charge is 0.309 e. The summed E-state index contributed by atoms with van der Waals surface area (Å²) < 4.78 is 5.07. The molecule has 1 aliphatic rings. The third-order valence-corrected chi connectivity index (χ3v) is 4.28. The molecule has 25 heavy (non-hydrogen) atoms. The van der Waals surface area contributed by atoms with E-state index < -0.39 is 17.9 Å². The van der Waals surface area contributed by atoms with Gasteiger partial charge in [0.2, 0.25) is 0 Å². The van der Waals surface area contributed by atoms with Gasteiger partial charge in [-0.2, -0.15) is 0 Å². The Morgan fingerprint density at radius 3 is 2.84 bits per heavy atom. The second-order valence-corrected chi connectivity index (χ2v) is 6.05. The second kappa shape index (κ2) is 7.40. The number of rotatable bonds is 5. The van der Waals surface area contributed by atoms with E-state index in [1.54, 1.807) is 12.1 Å². The normalized spacial score (nSPS) is 14.1. The number of amides is 2. The molecule has 3 rings (SSSR count). The van der Waals surface area contributed by atoms with Crippen molar-refractivity contribution in [2.75, 3.05) is 25.0 Å². The van der Waals surface area contributed by atoms with Crippen molar-refractivity contribution in [1.82, 2.24) is 10.6 Å². The molecule has 0 spiro atoms. The molecule has 1 aromatic heterocycles. The lowest BCUT2D eigenvalue weighted by Crippen LogP contribution is -2.41. The fraction of sp³-hybridized carbons (Fsp3) is 0.333. The number of carbonyl (C=O) groups is 2. The molecule has 1 atom stereocenters. The van der Waals surface area contributed by atoms with E-state index in [-0.39, 0.29) is 13.1 Å². The summed E-state index contributed by atoms with van der Waals surface area (Å²) in [6.45, 7) is 1.07. The highest BCUT2D eigenvalue weighted by Crippen LogP contribution is 2.29. The number of hydrogen-bond acceptors (Lipinski definition) is 5. The number of nitrogens with zero attached hydrogens (tertiary/aromatic N) is 1. The zero-order valence-corrected chi connectivity index (χ0v) is 14.0. The summed E-state index contributed by atoms with van der Waals surface area (Å²) in [5.41, 5.74) is 3.07. The van der Waals surface area contributed by atoms with Crippen LogP contribution in [-0.2, 0) is 22.6 Å². The molecule has 0 radical (unpaired) electrons. The summed E-state index contributed by atoms with van der Waals surface area (Å²) in [5, 5.41) is 15.2. The van der Waals surface area contributed by atoms with Gasteiger partial charge >= 0.3 is 11.8 Å². The minimum atomic E-state index is -0.863. The first-order valence-corrected chi connectivity index (χ1v) is 8.15. The van der Waals surface area contributed by atoms with Gasteiger partial charge in [0.15, 0.2) is 0 Å². The Morgan fingerprint density at radius 1 is 1.28 bits per heavy atom. The van der Waals surface area contributed by atoms with Crippen molar-refractivity contribution < 1.29 is 19.1 Å². The molecule has 0 fully saturated rings. The van der Waals surface area contributed by atoms with Crippen molar-refractivity contribution in [2.45, 2.75) is 19.1 Å². The van der Waals surface area contributed by atoms with Crippen LogP contribution in [0.3, 0.4) is 0 Å². The molecule has 0 bridgehead atoms. The third-order valence-electron chi connectivity index (χ3n) is 4.28. The van der Waals surface area contributed by atoms with Crippen molar-refractivity contribution in [3.8, 4) is 0 Å². The Labute approximate surface area is 145 Å². The fourth-order valence-corrected chi connectivity index (χ4v) is 2.84. The van der Waals surface area contributed by atoms with Crippen LogP contribution < -0.4 is 15.5 Å². The van der Waals surface area contributed by atoms with Crippen LogP contribution in [0.4, 0.5) is 5.69 Å². The summed E-state index contributed by atoms with van der Waals surface area (Å²) in [6, 6.07) is 9.17. The number of aliphatic hydroxyl groups excluding tert-OH is 1. The highest BCUT2D eigenvalue weighted by molar-refractivity contribution is 6.35. The van der Waals surface area contributed by atoms with Crippen molar-refractivity contribution in [3.05, 3.63) is 53.5 Å². The first-order chi connectivity index (χ1) is 12.0. The van der Waals surface area contributed by atoms with Crippen LogP contribution in [0.15, 0.2) is 41.0 Å². The molecule has 3 N–H and O–H groups in total. The van der Waals surface area contributed by atoms with E-state index >= 15 is 0 Å². The zero-order valence-electron chi connectivity index (χ0n) is 14.0. The largest absolute Gasteiger partial charge is 0.467 e. The molecule has 1 unspecified atom stereocenters. The summed E-state index contributed by atoms with van der Waals surface area (Å²) in [7, 11) is 2.03. The van der Waals surface area contributed by atoms with Crippen molar-refractivity contribution in [1.29, 1.82) is 0 Å². The first-order valence-electron chi connectivity index (χ1n) is 8.15. The predicted molar refractivity (Wildman–Crippen MR) is 91.9 cm³/mol. The van der Waals surface area contributed by atoms with Gasteiger partial charge in [0.1, 0.15) is 5.76 Å². The highest BCUT2D eigenvalue weighted by Gasteiger charge is 2.19. The number of benzene rings is 1. The summed E-state index contributed by atoms with van der Waals surface area (Å²) in [5.74, 6) is -0.991. The van der Waals surface area contributed by atoms with Crippen LogP contribution in [0, 0.1) is 0 Å². The Bertz CT molecular complexity index is 758. The van der Waals surface area contributed by atoms with Gasteiger partial charge in [0.25, 0.3) is 0 Å². The molecule has 0 saturated heterocycles. The maximum atomic E-state index is 11.8. The quantitative estimate of drug-likeness (QED) is 0.696. The van der Waals surface area contributed by atoms with E-state index in [1.165, 1.54) is 11.8 Å². The average Bonchev–Trinajstić information content (AvgIpc) is 3.27. The van der Waals surface area contributed by atoms with Gasteiger partial charge in [0.05, 0.1) is 18.9 Å². The number of nitrogens with one attached hydrogen (secondary N) is 2. The SMILES string of the molecule is CN1CCc2cc(C(O)CNC(=O)C(=O)NCc3ccco3)ccc21. The molecule has 1 aromatic carbocycles. The summed E-state index contributed by atoms with van der Waals surface area (Å²) in [6.07, 6.45) is 1.57. The topological polar surface area (TPSA) is 94.8 Å². The lowest BCUT2D eigenvalue weighted by Gasteiger charge is -2.15. The van der Waals surface area contributed by atoms with Gasteiger partial charge in [-0.15, -0.1) is 0 Å². The lowest BCUT2D eigenvalue weighted by molar-refractivity contribution is -0.139. The number of furan rings is 1. The Kier molecular flexibility index (Phi) is 5.04.